The average molecular weight is 302 g/mol. The minimum Gasteiger partial charge on any atom is -0.496 e. The van der Waals surface area contributed by atoms with Crippen molar-refractivity contribution in [2.45, 2.75) is 31.7 Å². The Kier molecular flexibility index (Phi) is 3.48. The Hall–Kier alpha value is -2.57. The first-order chi connectivity index (χ1) is 10.5. The van der Waals surface area contributed by atoms with Crippen molar-refractivity contribution in [1.29, 1.82) is 0 Å². The highest BCUT2D eigenvalue weighted by molar-refractivity contribution is 5.72. The molecule has 3 N–H and O–H groups in total. The van der Waals surface area contributed by atoms with Crippen molar-refractivity contribution < 1.29 is 14.6 Å². The summed E-state index contributed by atoms with van der Waals surface area (Å²) >= 11 is 0. The number of carbonyl (C=O) groups is 1. The molecular formula is C15H18N4O3. The van der Waals surface area contributed by atoms with Gasteiger partial charge in [0.2, 0.25) is 5.95 Å². The molecule has 2 unspecified atom stereocenters. The lowest BCUT2D eigenvalue weighted by Crippen LogP contribution is -2.29. The van der Waals surface area contributed by atoms with Gasteiger partial charge in [0.15, 0.2) is 6.04 Å². The summed E-state index contributed by atoms with van der Waals surface area (Å²) in [4.78, 5) is 15.7. The largest absolute Gasteiger partial charge is 0.496 e. The number of carboxylic acids is 1. The van der Waals surface area contributed by atoms with Crippen LogP contribution in [0.2, 0.25) is 0 Å². The molecular weight excluding hydrogens is 284 g/mol. The smallest absolute Gasteiger partial charge is 0.328 e. The molecule has 0 fully saturated rings. The third-order valence-corrected chi connectivity index (χ3v) is 4.06. The zero-order valence-corrected chi connectivity index (χ0v) is 12.5. The van der Waals surface area contributed by atoms with E-state index in [9.17, 15) is 9.90 Å². The number of nitrogens with two attached hydrogens (primary N) is 1. The molecule has 7 nitrogen and oxygen atoms in total. The average Bonchev–Trinajstić information content (AvgIpc) is 2.87. The van der Waals surface area contributed by atoms with Gasteiger partial charge in [-0.15, -0.1) is 5.10 Å². The summed E-state index contributed by atoms with van der Waals surface area (Å²) in [5.74, 6) is 0.452. The van der Waals surface area contributed by atoms with Crippen molar-refractivity contribution in [2.24, 2.45) is 0 Å². The quantitative estimate of drug-likeness (QED) is 0.895. The van der Waals surface area contributed by atoms with Crippen LogP contribution in [0.25, 0.3) is 0 Å². The predicted octanol–water partition coefficient (Wildman–Crippen LogP) is 1.73. The van der Waals surface area contributed by atoms with Crippen LogP contribution in [0, 0.1) is 6.92 Å². The number of hydrogen-bond acceptors (Lipinski definition) is 5. The normalized spacial score (nSPS) is 20.5. The fourth-order valence-corrected chi connectivity index (χ4v) is 3.04. The van der Waals surface area contributed by atoms with Gasteiger partial charge in [-0.3, -0.25) is 0 Å². The van der Waals surface area contributed by atoms with Gasteiger partial charge >= 0.3 is 5.97 Å². The van der Waals surface area contributed by atoms with Gasteiger partial charge in [-0.05, 0) is 25.8 Å². The Morgan fingerprint density at radius 1 is 1.45 bits per heavy atom. The van der Waals surface area contributed by atoms with Gasteiger partial charge in [-0.25, -0.2) is 9.48 Å². The number of aromatic nitrogens is 3. The number of fused-ring (bicyclic) bond motifs is 1. The van der Waals surface area contributed by atoms with Gasteiger partial charge in [-0.2, -0.15) is 4.98 Å². The van der Waals surface area contributed by atoms with E-state index < -0.39 is 12.0 Å². The molecule has 1 aliphatic rings. The van der Waals surface area contributed by atoms with Crippen LogP contribution in [0.15, 0.2) is 18.2 Å². The highest BCUT2D eigenvalue weighted by Crippen LogP contribution is 2.40. The maximum absolute atomic E-state index is 11.4. The summed E-state index contributed by atoms with van der Waals surface area (Å²) < 4.78 is 6.88. The van der Waals surface area contributed by atoms with Crippen molar-refractivity contribution in [3.8, 4) is 5.75 Å². The number of nitrogen functional groups attached to an aromatic ring is 1. The summed E-state index contributed by atoms with van der Waals surface area (Å²) in [6.07, 6.45) is 1.14. The van der Waals surface area contributed by atoms with Crippen LogP contribution in [-0.4, -0.2) is 33.0 Å². The van der Waals surface area contributed by atoms with Crippen LogP contribution in [-0.2, 0) is 4.79 Å². The Bertz CT molecular complexity index is 726. The van der Waals surface area contributed by atoms with E-state index >= 15 is 0 Å². The molecule has 0 radical (unpaired) electrons. The second-order valence-corrected chi connectivity index (χ2v) is 5.50. The molecule has 7 heteroatoms. The molecule has 22 heavy (non-hydrogen) atoms. The number of nitrogens with zero attached hydrogens (tertiary/aromatic N) is 3. The van der Waals surface area contributed by atoms with Gasteiger partial charge in [-0.1, -0.05) is 17.7 Å². The van der Waals surface area contributed by atoms with Crippen LogP contribution < -0.4 is 10.5 Å². The van der Waals surface area contributed by atoms with E-state index in [-0.39, 0.29) is 11.9 Å². The van der Waals surface area contributed by atoms with Gasteiger partial charge < -0.3 is 15.6 Å². The SMILES string of the molecule is COc1ccc(C)cc1C1CCC(C(=O)O)n2nc(N)nc21. The topological polar surface area (TPSA) is 103 Å². The molecule has 0 saturated heterocycles. The first-order valence-corrected chi connectivity index (χ1v) is 7.10. The minimum atomic E-state index is -0.916. The van der Waals surface area contributed by atoms with Gasteiger partial charge in [0.25, 0.3) is 0 Å². The van der Waals surface area contributed by atoms with E-state index in [2.05, 4.69) is 10.1 Å². The number of ether oxygens (including phenoxy) is 1. The second-order valence-electron chi connectivity index (χ2n) is 5.50. The molecule has 0 aliphatic carbocycles. The molecule has 1 aromatic carbocycles. The number of carboxylic acid groups (broad SMARTS) is 1. The van der Waals surface area contributed by atoms with Crippen molar-refractivity contribution in [3.05, 3.63) is 35.2 Å². The molecule has 2 aromatic rings. The molecule has 0 spiro atoms. The Labute approximate surface area is 127 Å². The van der Waals surface area contributed by atoms with E-state index in [1.807, 2.05) is 25.1 Å². The molecule has 0 amide bonds. The summed E-state index contributed by atoms with van der Waals surface area (Å²) in [7, 11) is 1.62. The maximum Gasteiger partial charge on any atom is 0.328 e. The van der Waals surface area contributed by atoms with Gasteiger partial charge in [0.05, 0.1) is 7.11 Å². The van der Waals surface area contributed by atoms with Crippen LogP contribution in [0.5, 0.6) is 5.75 Å². The molecule has 0 bridgehead atoms. The molecule has 3 rings (SSSR count). The van der Waals surface area contributed by atoms with Crippen LogP contribution in [0.4, 0.5) is 5.95 Å². The third-order valence-electron chi connectivity index (χ3n) is 4.06. The summed E-state index contributed by atoms with van der Waals surface area (Å²) in [5.41, 5.74) is 7.79. The lowest BCUT2D eigenvalue weighted by atomic mass is 9.87. The second kappa shape index (κ2) is 5.32. The van der Waals surface area contributed by atoms with E-state index in [1.165, 1.54) is 4.68 Å². The first kappa shape index (κ1) is 14.4. The van der Waals surface area contributed by atoms with E-state index in [0.717, 1.165) is 16.9 Å². The lowest BCUT2D eigenvalue weighted by Gasteiger charge is -2.28. The molecule has 0 saturated carbocycles. The van der Waals surface area contributed by atoms with E-state index in [1.54, 1.807) is 7.11 Å². The molecule has 1 aromatic heterocycles. The van der Waals surface area contributed by atoms with Gasteiger partial charge in [0.1, 0.15) is 11.6 Å². The maximum atomic E-state index is 11.4. The number of benzene rings is 1. The monoisotopic (exact) mass is 302 g/mol. The van der Waals surface area contributed by atoms with Crippen molar-refractivity contribution in [3.63, 3.8) is 0 Å². The Morgan fingerprint density at radius 2 is 2.23 bits per heavy atom. The Morgan fingerprint density at radius 3 is 2.91 bits per heavy atom. The fraction of sp³-hybridized carbons (Fsp3) is 0.400. The number of rotatable bonds is 3. The first-order valence-electron chi connectivity index (χ1n) is 7.10. The molecule has 2 atom stereocenters. The molecule has 116 valence electrons. The van der Waals surface area contributed by atoms with Crippen LogP contribution in [0.1, 0.15) is 41.8 Å². The summed E-state index contributed by atoms with van der Waals surface area (Å²) in [6, 6.07) is 5.22. The number of aliphatic carboxylic acids is 1. The van der Waals surface area contributed by atoms with Crippen molar-refractivity contribution >= 4 is 11.9 Å². The predicted molar refractivity (Wildman–Crippen MR) is 79.9 cm³/mol. The number of methoxy groups -OCH3 is 1. The molecule has 2 heterocycles. The fourth-order valence-electron chi connectivity index (χ4n) is 3.04. The Balaban J connectivity index is 2.11. The van der Waals surface area contributed by atoms with Crippen LogP contribution in [0.3, 0.4) is 0 Å². The summed E-state index contributed by atoms with van der Waals surface area (Å²) in [6.45, 7) is 2.00. The zero-order valence-electron chi connectivity index (χ0n) is 12.5. The number of hydrogen-bond donors (Lipinski definition) is 2. The minimum absolute atomic E-state index is 0.0738. The van der Waals surface area contributed by atoms with Gasteiger partial charge in [0, 0.05) is 11.5 Å². The highest BCUT2D eigenvalue weighted by atomic mass is 16.5. The highest BCUT2D eigenvalue weighted by Gasteiger charge is 2.35. The van der Waals surface area contributed by atoms with Crippen LogP contribution >= 0.6 is 0 Å². The van der Waals surface area contributed by atoms with Crippen molar-refractivity contribution in [2.75, 3.05) is 12.8 Å². The van der Waals surface area contributed by atoms with Crippen molar-refractivity contribution in [1.82, 2.24) is 14.8 Å². The third kappa shape index (κ3) is 2.28. The zero-order chi connectivity index (χ0) is 15.9. The summed E-state index contributed by atoms with van der Waals surface area (Å²) in [5, 5.41) is 13.4. The number of anilines is 1. The molecule has 1 aliphatic heterocycles. The standard InChI is InChI=1S/C15H18N4O3/c1-8-3-6-12(22-2)10(7-8)9-4-5-11(14(20)21)19-13(9)17-15(16)18-19/h3,6-7,9,11H,4-5H2,1-2H3,(H2,16,18)(H,20,21). The lowest BCUT2D eigenvalue weighted by molar-refractivity contribution is -0.141. The van der Waals surface area contributed by atoms with E-state index in [0.29, 0.717) is 18.7 Å². The van der Waals surface area contributed by atoms with E-state index in [4.69, 9.17) is 10.5 Å². The number of aryl methyl sites for hydroxylation is 1.